The van der Waals surface area contributed by atoms with Gasteiger partial charge in [-0.05, 0) is 12.3 Å². The minimum Gasteiger partial charge on any atom is -0.396 e. The summed E-state index contributed by atoms with van der Waals surface area (Å²) >= 11 is 0. The first-order chi connectivity index (χ1) is 3.38. The number of aldehydes is 1. The third-order valence-electron chi connectivity index (χ3n) is 1.39. The highest BCUT2D eigenvalue weighted by molar-refractivity contribution is 5.58. The van der Waals surface area contributed by atoms with Crippen molar-refractivity contribution >= 4 is 6.29 Å². The van der Waals surface area contributed by atoms with E-state index in [9.17, 15) is 4.79 Å². The summed E-state index contributed by atoms with van der Waals surface area (Å²) in [4.78, 5) is 9.83. The van der Waals surface area contributed by atoms with Crippen LogP contribution in [0.25, 0.3) is 0 Å². The van der Waals surface area contributed by atoms with E-state index in [2.05, 4.69) is 0 Å². The molecule has 2 heteroatoms. The van der Waals surface area contributed by atoms with Crippen LogP contribution in [0.2, 0.25) is 0 Å². The minimum absolute atomic E-state index is 0.184. The summed E-state index contributed by atoms with van der Waals surface area (Å²) in [6, 6.07) is 0. The molecule has 7 heavy (non-hydrogen) atoms. The average molecular weight is 100 g/mol. The van der Waals surface area contributed by atoms with Crippen LogP contribution in [-0.2, 0) is 4.79 Å². The molecular formula is C5H8O2. The molecule has 1 N–H and O–H groups in total. The lowest BCUT2D eigenvalue weighted by atomic mass is 10.4. The maximum atomic E-state index is 9.83. The zero-order valence-corrected chi connectivity index (χ0v) is 4.00. The molecular weight excluding hydrogens is 92.1 g/mol. The van der Waals surface area contributed by atoms with Crippen molar-refractivity contribution in [2.45, 2.75) is 6.42 Å². The van der Waals surface area contributed by atoms with Crippen molar-refractivity contribution in [3.8, 4) is 0 Å². The zero-order chi connectivity index (χ0) is 5.28. The zero-order valence-electron chi connectivity index (χ0n) is 4.00. The minimum atomic E-state index is 0.184. The predicted molar refractivity (Wildman–Crippen MR) is 24.7 cm³/mol. The van der Waals surface area contributed by atoms with Crippen LogP contribution in [0.5, 0.6) is 0 Å². The first-order valence-corrected chi connectivity index (χ1v) is 2.44. The van der Waals surface area contributed by atoms with Gasteiger partial charge < -0.3 is 9.90 Å². The molecule has 2 atom stereocenters. The van der Waals surface area contributed by atoms with Crippen LogP contribution in [0.1, 0.15) is 6.42 Å². The summed E-state index contributed by atoms with van der Waals surface area (Å²) in [7, 11) is 0. The quantitative estimate of drug-likeness (QED) is 0.488. The number of hydrogen-bond acceptors (Lipinski definition) is 2. The fourth-order valence-corrected chi connectivity index (χ4v) is 0.648. The Labute approximate surface area is 42.1 Å². The van der Waals surface area contributed by atoms with Crippen LogP contribution in [0.3, 0.4) is 0 Å². The molecule has 1 saturated carbocycles. The molecule has 1 aliphatic carbocycles. The number of aliphatic hydroxyl groups is 1. The summed E-state index contributed by atoms with van der Waals surface area (Å²) in [5, 5.41) is 8.35. The molecule has 1 aliphatic rings. The first-order valence-electron chi connectivity index (χ1n) is 2.44. The SMILES string of the molecule is O=C[C@@H]1C[C@H]1CO. The van der Waals surface area contributed by atoms with Crippen molar-refractivity contribution < 1.29 is 9.90 Å². The Bertz CT molecular complexity index is 80.1. The standard InChI is InChI=1S/C5H8O2/c6-2-4-1-5(4)3-7/h2,4-5,7H,1,3H2/t4-,5-/m0/s1. The van der Waals surface area contributed by atoms with Crippen molar-refractivity contribution in [2.24, 2.45) is 11.8 Å². The highest BCUT2D eigenvalue weighted by atomic mass is 16.3. The molecule has 0 saturated heterocycles. The number of carbonyl (C=O) groups excluding carboxylic acids is 1. The fraction of sp³-hybridized carbons (Fsp3) is 0.800. The second-order valence-corrected chi connectivity index (χ2v) is 1.98. The first kappa shape index (κ1) is 4.78. The van der Waals surface area contributed by atoms with Gasteiger partial charge in [0.15, 0.2) is 0 Å². The van der Waals surface area contributed by atoms with E-state index in [1.54, 1.807) is 0 Å². The van der Waals surface area contributed by atoms with Crippen LogP contribution in [0.4, 0.5) is 0 Å². The van der Waals surface area contributed by atoms with E-state index < -0.39 is 0 Å². The second-order valence-electron chi connectivity index (χ2n) is 1.98. The largest absolute Gasteiger partial charge is 0.396 e. The van der Waals surface area contributed by atoms with Crippen LogP contribution in [-0.4, -0.2) is 18.0 Å². The Kier molecular flexibility index (Phi) is 1.11. The van der Waals surface area contributed by atoms with E-state index in [1.807, 2.05) is 0 Å². The van der Waals surface area contributed by atoms with E-state index in [0.29, 0.717) is 5.92 Å². The monoisotopic (exact) mass is 100 g/mol. The summed E-state index contributed by atoms with van der Waals surface area (Å²) in [6.07, 6.45) is 1.82. The average Bonchev–Trinajstić information content (AvgIpc) is 2.43. The maximum absolute atomic E-state index is 9.83. The van der Waals surface area contributed by atoms with Gasteiger partial charge in [-0.1, -0.05) is 0 Å². The Balaban J connectivity index is 2.17. The van der Waals surface area contributed by atoms with E-state index in [1.165, 1.54) is 0 Å². The lowest BCUT2D eigenvalue weighted by Gasteiger charge is -1.78. The summed E-state index contributed by atoms with van der Waals surface area (Å²) < 4.78 is 0. The maximum Gasteiger partial charge on any atom is 0.123 e. The Morgan fingerprint density at radius 3 is 2.71 bits per heavy atom. The molecule has 2 nitrogen and oxygen atoms in total. The van der Waals surface area contributed by atoms with Gasteiger partial charge >= 0.3 is 0 Å². The van der Waals surface area contributed by atoms with Crippen LogP contribution in [0.15, 0.2) is 0 Å². The molecule has 0 aromatic rings. The van der Waals surface area contributed by atoms with Crippen molar-refractivity contribution in [1.82, 2.24) is 0 Å². The number of aliphatic hydroxyl groups excluding tert-OH is 1. The smallest absolute Gasteiger partial charge is 0.123 e. The van der Waals surface area contributed by atoms with E-state index in [4.69, 9.17) is 5.11 Å². The molecule has 0 unspecified atom stereocenters. The predicted octanol–water partition coefficient (Wildman–Crippen LogP) is -0.186. The van der Waals surface area contributed by atoms with Gasteiger partial charge in [-0.3, -0.25) is 0 Å². The van der Waals surface area contributed by atoms with Gasteiger partial charge in [0.1, 0.15) is 6.29 Å². The molecule has 1 fully saturated rings. The van der Waals surface area contributed by atoms with Gasteiger partial charge in [-0.15, -0.1) is 0 Å². The van der Waals surface area contributed by atoms with Crippen LogP contribution >= 0.6 is 0 Å². The van der Waals surface area contributed by atoms with Crippen molar-refractivity contribution in [1.29, 1.82) is 0 Å². The Morgan fingerprint density at radius 1 is 1.86 bits per heavy atom. The molecule has 0 aromatic heterocycles. The van der Waals surface area contributed by atoms with Crippen molar-refractivity contribution in [2.75, 3.05) is 6.61 Å². The van der Waals surface area contributed by atoms with E-state index in [-0.39, 0.29) is 12.5 Å². The number of hydrogen-bond donors (Lipinski definition) is 1. The van der Waals surface area contributed by atoms with Gasteiger partial charge in [0.05, 0.1) is 0 Å². The molecule has 0 aliphatic heterocycles. The molecule has 40 valence electrons. The van der Waals surface area contributed by atoms with E-state index >= 15 is 0 Å². The van der Waals surface area contributed by atoms with Gasteiger partial charge in [0.25, 0.3) is 0 Å². The fourth-order valence-electron chi connectivity index (χ4n) is 0.648. The Hall–Kier alpha value is -0.370. The molecule has 0 spiro atoms. The summed E-state index contributed by atoms with van der Waals surface area (Å²) in [6.45, 7) is 0.184. The highest BCUT2D eigenvalue weighted by Crippen LogP contribution is 2.35. The molecule has 1 rings (SSSR count). The van der Waals surface area contributed by atoms with Crippen molar-refractivity contribution in [3.05, 3.63) is 0 Å². The summed E-state index contributed by atoms with van der Waals surface area (Å²) in [5.74, 6) is 0.488. The topological polar surface area (TPSA) is 37.3 Å². The molecule has 0 heterocycles. The molecule has 0 radical (unpaired) electrons. The van der Waals surface area contributed by atoms with E-state index in [0.717, 1.165) is 12.7 Å². The second kappa shape index (κ2) is 1.62. The van der Waals surface area contributed by atoms with Gasteiger partial charge in [0, 0.05) is 12.5 Å². The molecule has 0 bridgehead atoms. The lowest BCUT2D eigenvalue weighted by Crippen LogP contribution is -1.87. The number of carbonyl (C=O) groups is 1. The lowest BCUT2D eigenvalue weighted by molar-refractivity contribution is -0.109. The van der Waals surface area contributed by atoms with Crippen molar-refractivity contribution in [3.63, 3.8) is 0 Å². The molecule has 0 aromatic carbocycles. The van der Waals surface area contributed by atoms with Gasteiger partial charge in [0.2, 0.25) is 0 Å². The van der Waals surface area contributed by atoms with Crippen LogP contribution < -0.4 is 0 Å². The third-order valence-corrected chi connectivity index (χ3v) is 1.39. The molecule has 0 amide bonds. The summed E-state index contributed by atoms with van der Waals surface area (Å²) in [5.41, 5.74) is 0. The highest BCUT2D eigenvalue weighted by Gasteiger charge is 2.35. The number of rotatable bonds is 2. The Morgan fingerprint density at radius 2 is 2.57 bits per heavy atom. The third kappa shape index (κ3) is 0.800. The van der Waals surface area contributed by atoms with Crippen LogP contribution in [0, 0.1) is 11.8 Å². The normalized spacial score (nSPS) is 37.9. The van der Waals surface area contributed by atoms with Gasteiger partial charge in [-0.25, -0.2) is 0 Å². The van der Waals surface area contributed by atoms with Gasteiger partial charge in [-0.2, -0.15) is 0 Å².